The van der Waals surface area contributed by atoms with Crippen LogP contribution in [-0.4, -0.2) is 70.1 Å². The summed E-state index contributed by atoms with van der Waals surface area (Å²) in [4.78, 5) is 43.5. The van der Waals surface area contributed by atoms with Gasteiger partial charge in [0.05, 0.1) is 35.2 Å². The summed E-state index contributed by atoms with van der Waals surface area (Å²) in [5.41, 5.74) is 1.33. The van der Waals surface area contributed by atoms with E-state index in [9.17, 15) is 24.6 Å². The molecule has 9 nitrogen and oxygen atoms in total. The minimum atomic E-state index is -2.30. The SMILES string of the molecule is CC[Si](CC)(CC)O[C@@H](CC(=O)O)C(C)(C)C(=O)[C@H](C)[C@@H](OC(=O)OCC(Cl)(Cl)Cl)[C@@H](C)C/C=C/C(C)=C\C[C@H](O)/C(C)=C/c1csc(C)n1. The lowest BCUT2D eigenvalue weighted by atomic mass is 9.73. The Labute approximate surface area is 318 Å². The molecule has 1 aromatic rings. The van der Waals surface area contributed by atoms with Crippen LogP contribution in [0.1, 0.15) is 92.3 Å². The lowest BCUT2D eigenvalue weighted by Gasteiger charge is -2.42. The number of carbonyl (C=O) groups excluding carboxylic acids is 2. The molecular formula is C36H56Cl3NO8SSi. The molecule has 14 heteroatoms. The number of hydrogen-bond acceptors (Lipinski definition) is 9. The van der Waals surface area contributed by atoms with E-state index in [1.807, 2.05) is 78.2 Å². The molecular weight excluding hydrogens is 741 g/mol. The fourth-order valence-electron chi connectivity index (χ4n) is 5.73. The molecule has 5 atom stereocenters. The Balaban J connectivity index is 3.24. The van der Waals surface area contributed by atoms with E-state index >= 15 is 0 Å². The summed E-state index contributed by atoms with van der Waals surface area (Å²) in [5.74, 6) is -2.60. The number of nitrogens with zero attached hydrogens (tertiary/aromatic N) is 1. The third-order valence-corrected chi connectivity index (χ3v) is 15.0. The van der Waals surface area contributed by atoms with E-state index in [4.69, 9.17) is 48.7 Å². The lowest BCUT2D eigenvalue weighted by molar-refractivity contribution is -0.146. The molecule has 0 radical (unpaired) electrons. The number of hydrogen-bond donors (Lipinski definition) is 2. The van der Waals surface area contributed by atoms with Crippen LogP contribution >= 0.6 is 46.1 Å². The molecule has 0 saturated carbocycles. The second-order valence-corrected chi connectivity index (χ2v) is 21.9. The number of carboxylic acid groups (broad SMARTS) is 1. The number of carboxylic acids is 1. The molecule has 0 aromatic carbocycles. The monoisotopic (exact) mass is 795 g/mol. The van der Waals surface area contributed by atoms with Crippen LogP contribution in [0.15, 0.2) is 34.8 Å². The smallest absolute Gasteiger partial charge is 0.481 e. The largest absolute Gasteiger partial charge is 0.508 e. The summed E-state index contributed by atoms with van der Waals surface area (Å²) in [6.07, 6.45) is 4.53. The van der Waals surface area contributed by atoms with Crippen molar-refractivity contribution in [2.75, 3.05) is 6.61 Å². The van der Waals surface area contributed by atoms with Crippen molar-refractivity contribution in [1.29, 1.82) is 0 Å². The molecule has 50 heavy (non-hydrogen) atoms. The average molecular weight is 797 g/mol. The standard InChI is InChI=1S/C36H56Cl3NO8SSi/c1-11-50(12-2,13-3)48-30(20-31(42)43)35(9,10)33(44)26(7)32(47-34(45)46-22-36(37,38)39)24(5)16-14-15-23(4)17-18-29(41)25(6)19-28-21-49-27(8)40-28/h14-15,17,19,21,24,26,29-30,32,41H,11-13,16,18,20,22H2,1-10H3,(H,42,43)/b15-14+,23-17-,25-19+/t24-,26+,29-,30-,32-/m0/s1. The summed E-state index contributed by atoms with van der Waals surface area (Å²) >= 11 is 18.8. The van der Waals surface area contributed by atoms with Crippen molar-refractivity contribution >= 4 is 78.4 Å². The highest BCUT2D eigenvalue weighted by molar-refractivity contribution is 7.09. The number of alkyl halides is 3. The van der Waals surface area contributed by atoms with Gasteiger partial charge in [-0.25, -0.2) is 9.78 Å². The van der Waals surface area contributed by atoms with Crippen LogP contribution < -0.4 is 0 Å². The summed E-state index contributed by atoms with van der Waals surface area (Å²) in [5, 5.41) is 23.4. The molecule has 0 aliphatic carbocycles. The number of aryl methyl sites for hydroxylation is 1. The topological polar surface area (TPSA) is 132 Å². The molecule has 1 aromatic heterocycles. The maximum Gasteiger partial charge on any atom is 0.508 e. The van der Waals surface area contributed by atoms with Gasteiger partial charge in [0.2, 0.25) is 3.79 Å². The Morgan fingerprint density at radius 1 is 1.06 bits per heavy atom. The van der Waals surface area contributed by atoms with Crippen molar-refractivity contribution in [1.82, 2.24) is 4.98 Å². The third-order valence-electron chi connectivity index (χ3n) is 9.27. The van der Waals surface area contributed by atoms with E-state index in [0.29, 0.717) is 12.8 Å². The van der Waals surface area contributed by atoms with E-state index in [1.165, 1.54) is 0 Å². The Bertz CT molecular complexity index is 1340. The first kappa shape index (κ1) is 46.3. The maximum absolute atomic E-state index is 14.3. The first-order valence-electron chi connectivity index (χ1n) is 17.1. The average Bonchev–Trinajstić information content (AvgIpc) is 3.45. The Hall–Kier alpha value is -1.73. The van der Waals surface area contributed by atoms with Crippen molar-refractivity contribution < 1.29 is 38.5 Å². The van der Waals surface area contributed by atoms with Gasteiger partial charge < -0.3 is 24.1 Å². The molecule has 0 fully saturated rings. The number of aromatic nitrogens is 1. The zero-order valence-corrected chi connectivity index (χ0v) is 35.1. The normalized spacial score (nSPS) is 16.5. The number of carbonyl (C=O) groups is 3. The minimum Gasteiger partial charge on any atom is -0.481 e. The first-order valence-corrected chi connectivity index (χ1v) is 21.6. The molecule has 0 unspecified atom stereocenters. The quantitative estimate of drug-likeness (QED) is 0.0540. The predicted octanol–water partition coefficient (Wildman–Crippen LogP) is 10.1. The van der Waals surface area contributed by atoms with Crippen LogP contribution in [0, 0.1) is 24.2 Å². The molecule has 0 bridgehead atoms. The summed E-state index contributed by atoms with van der Waals surface area (Å²) < 4.78 is 15.5. The summed E-state index contributed by atoms with van der Waals surface area (Å²) in [7, 11) is -2.30. The number of ketones is 1. The zero-order chi connectivity index (χ0) is 38.4. The van der Waals surface area contributed by atoms with Crippen molar-refractivity contribution in [2.45, 2.75) is 129 Å². The van der Waals surface area contributed by atoms with Crippen LogP contribution in [0.25, 0.3) is 6.08 Å². The molecule has 2 N–H and O–H groups in total. The van der Waals surface area contributed by atoms with Crippen molar-refractivity contribution in [3.8, 4) is 0 Å². The van der Waals surface area contributed by atoms with Crippen molar-refractivity contribution in [3.63, 3.8) is 0 Å². The molecule has 0 aliphatic rings. The second kappa shape index (κ2) is 21.1. The highest BCUT2D eigenvalue weighted by Gasteiger charge is 2.47. The summed E-state index contributed by atoms with van der Waals surface area (Å²) in [6.45, 7) is 18.2. The van der Waals surface area contributed by atoms with Crippen LogP contribution in [0.5, 0.6) is 0 Å². The molecule has 0 aliphatic heterocycles. The number of halogens is 3. The van der Waals surface area contributed by atoms with Crippen LogP contribution in [0.3, 0.4) is 0 Å². The number of allylic oxidation sites excluding steroid dienone is 3. The number of Topliss-reactive ketones (excluding diaryl/α,β-unsaturated/α-hetero) is 1. The van der Waals surface area contributed by atoms with Gasteiger partial charge in [-0.2, -0.15) is 0 Å². The van der Waals surface area contributed by atoms with Gasteiger partial charge in [0, 0.05) is 10.8 Å². The number of ether oxygens (including phenoxy) is 2. The highest BCUT2D eigenvalue weighted by Crippen LogP contribution is 2.38. The van der Waals surface area contributed by atoms with E-state index in [2.05, 4.69) is 4.98 Å². The fourth-order valence-corrected chi connectivity index (χ4v) is 9.44. The molecule has 1 heterocycles. The van der Waals surface area contributed by atoms with E-state index in [-0.39, 0.29) is 18.1 Å². The number of aliphatic hydroxyl groups excluding tert-OH is 1. The van der Waals surface area contributed by atoms with Gasteiger partial charge in [-0.15, -0.1) is 11.3 Å². The lowest BCUT2D eigenvalue weighted by Crippen LogP contribution is -2.51. The van der Waals surface area contributed by atoms with Gasteiger partial charge >= 0.3 is 12.1 Å². The zero-order valence-electron chi connectivity index (χ0n) is 31.1. The Morgan fingerprint density at radius 2 is 1.66 bits per heavy atom. The Kier molecular flexibility index (Phi) is 19.5. The predicted molar refractivity (Wildman–Crippen MR) is 207 cm³/mol. The van der Waals surface area contributed by atoms with E-state index in [1.54, 1.807) is 32.1 Å². The third kappa shape index (κ3) is 15.5. The second-order valence-electron chi connectivity index (χ2n) is 13.6. The number of aliphatic carboxylic acids is 1. The van der Waals surface area contributed by atoms with Gasteiger partial charge in [0.1, 0.15) is 18.5 Å². The number of rotatable bonds is 21. The fraction of sp³-hybridized carbons (Fsp3) is 0.667. The van der Waals surface area contributed by atoms with Gasteiger partial charge in [-0.1, -0.05) is 107 Å². The molecule has 0 amide bonds. The molecule has 284 valence electrons. The highest BCUT2D eigenvalue weighted by atomic mass is 35.6. The van der Waals surface area contributed by atoms with Gasteiger partial charge in [0.15, 0.2) is 8.32 Å². The van der Waals surface area contributed by atoms with Crippen LogP contribution in [0.4, 0.5) is 4.79 Å². The van der Waals surface area contributed by atoms with Crippen molar-refractivity contribution in [3.05, 3.63) is 45.5 Å². The molecule has 0 spiro atoms. The van der Waals surface area contributed by atoms with Gasteiger partial charge in [0.25, 0.3) is 0 Å². The Morgan fingerprint density at radius 3 is 2.16 bits per heavy atom. The maximum atomic E-state index is 14.3. The van der Waals surface area contributed by atoms with Crippen LogP contribution in [-0.2, 0) is 23.5 Å². The number of thiazole rings is 1. The van der Waals surface area contributed by atoms with Gasteiger partial charge in [-0.05, 0) is 69.3 Å². The van der Waals surface area contributed by atoms with E-state index in [0.717, 1.165) is 40.0 Å². The molecule has 0 saturated heterocycles. The number of aliphatic hydroxyl groups is 1. The minimum absolute atomic E-state index is 0.300. The first-order chi connectivity index (χ1) is 23.1. The summed E-state index contributed by atoms with van der Waals surface area (Å²) in [6, 6.07) is 2.36. The van der Waals surface area contributed by atoms with Gasteiger partial charge in [-0.3, -0.25) is 9.59 Å². The van der Waals surface area contributed by atoms with E-state index < -0.39 is 60.5 Å². The van der Waals surface area contributed by atoms with Crippen LogP contribution in [0.2, 0.25) is 18.1 Å². The molecule has 1 rings (SSSR count). The van der Waals surface area contributed by atoms with Crippen molar-refractivity contribution in [2.24, 2.45) is 17.3 Å².